The van der Waals surface area contributed by atoms with E-state index >= 15 is 0 Å². The van der Waals surface area contributed by atoms with E-state index in [0.717, 1.165) is 44.5 Å². The van der Waals surface area contributed by atoms with E-state index in [0.29, 0.717) is 23.7 Å². The summed E-state index contributed by atoms with van der Waals surface area (Å²) in [6.07, 6.45) is 0.521. The number of rotatable bonds is 2. The molecular formula is C38H56O3. The first-order valence-corrected chi connectivity index (χ1v) is 14.8. The second-order valence-electron chi connectivity index (χ2n) is 16.0. The fraction of sp³-hybridized carbons (Fsp3) is 0.526. The minimum Gasteiger partial charge on any atom is -0.507 e. The molecule has 3 rings (SSSR count). The van der Waals surface area contributed by atoms with E-state index in [4.69, 9.17) is 0 Å². The van der Waals surface area contributed by atoms with Crippen molar-refractivity contribution in [1.82, 2.24) is 0 Å². The molecule has 3 heteroatoms. The molecule has 0 spiro atoms. The lowest BCUT2D eigenvalue weighted by Crippen LogP contribution is -2.17. The van der Waals surface area contributed by atoms with Crippen LogP contribution in [-0.2, 0) is 28.1 Å². The van der Waals surface area contributed by atoms with Gasteiger partial charge in [0.15, 0.2) is 0 Å². The van der Waals surface area contributed by atoms with E-state index in [-0.39, 0.29) is 21.7 Å². The Morgan fingerprint density at radius 2 is 0.610 bits per heavy atom. The second kappa shape index (κ2) is 11.7. The zero-order valence-electron chi connectivity index (χ0n) is 28.5. The molecule has 41 heavy (non-hydrogen) atoms. The van der Waals surface area contributed by atoms with E-state index in [1.807, 2.05) is 12.1 Å². The summed E-state index contributed by atoms with van der Waals surface area (Å²) in [7, 11) is 0. The summed E-state index contributed by atoms with van der Waals surface area (Å²) in [5.74, 6) is 1.15. The number of phenols is 3. The van der Waals surface area contributed by atoms with Crippen LogP contribution in [0.15, 0.2) is 36.4 Å². The van der Waals surface area contributed by atoms with Gasteiger partial charge in [0.25, 0.3) is 0 Å². The maximum absolute atomic E-state index is 10.8. The highest BCUT2D eigenvalue weighted by atomic mass is 16.3. The molecule has 0 radical (unpaired) electrons. The second-order valence-corrected chi connectivity index (χ2v) is 16.0. The van der Waals surface area contributed by atoms with E-state index < -0.39 is 0 Å². The summed E-state index contributed by atoms with van der Waals surface area (Å²) in [5, 5.41) is 32.0. The van der Waals surface area contributed by atoms with Gasteiger partial charge in [0.1, 0.15) is 17.2 Å². The van der Waals surface area contributed by atoms with Crippen LogP contribution in [-0.4, -0.2) is 15.3 Å². The number of hydrogen-bond donors (Lipinski definition) is 3. The normalized spacial score (nSPS) is 12.7. The Hall–Kier alpha value is -2.94. The van der Waals surface area contributed by atoms with Gasteiger partial charge in [-0.1, -0.05) is 136 Å². The summed E-state index contributed by atoms with van der Waals surface area (Å²) in [5.41, 5.74) is 8.88. The maximum atomic E-state index is 10.8. The summed E-state index contributed by atoms with van der Waals surface area (Å²) in [6.45, 7) is 31.6. The van der Waals surface area contributed by atoms with Crippen LogP contribution in [0.3, 0.4) is 0 Å². The largest absolute Gasteiger partial charge is 0.507 e. The summed E-state index contributed by atoms with van der Waals surface area (Å²) >= 11 is 0. The van der Waals surface area contributed by atoms with Gasteiger partial charge >= 0.3 is 0 Å². The molecule has 3 aromatic carbocycles. The maximum Gasteiger partial charge on any atom is 0.123 e. The molecule has 0 saturated heterocycles. The lowest BCUT2D eigenvalue weighted by molar-refractivity contribution is 0.423. The Kier molecular flexibility index (Phi) is 9.81. The minimum atomic E-state index is -0.129. The van der Waals surface area contributed by atoms with Gasteiger partial charge in [0.05, 0.1) is 0 Å². The van der Waals surface area contributed by atoms with E-state index in [2.05, 4.69) is 128 Å². The molecular weight excluding hydrogens is 504 g/mol. The van der Waals surface area contributed by atoms with Crippen molar-refractivity contribution in [2.45, 2.75) is 132 Å². The van der Waals surface area contributed by atoms with Gasteiger partial charge in [-0.2, -0.15) is 0 Å². The highest BCUT2D eigenvalue weighted by molar-refractivity contribution is 5.53. The molecule has 0 amide bonds. The molecule has 0 bridgehead atoms. The average molecular weight is 561 g/mol. The third-order valence-corrected chi connectivity index (χ3v) is 7.53. The molecule has 0 aliphatic carbocycles. The van der Waals surface area contributed by atoms with Crippen LogP contribution in [0, 0.1) is 20.8 Å². The first-order valence-electron chi connectivity index (χ1n) is 14.8. The van der Waals surface area contributed by atoms with Gasteiger partial charge < -0.3 is 15.3 Å². The fourth-order valence-corrected chi connectivity index (χ4v) is 5.25. The first kappa shape index (κ1) is 34.3. The number of phenolic OH excluding ortho intramolecular Hbond substituents is 3. The zero-order valence-corrected chi connectivity index (χ0v) is 28.5. The van der Waals surface area contributed by atoms with Crippen LogP contribution < -0.4 is 0 Å². The molecule has 3 aromatic rings. The van der Waals surface area contributed by atoms with Crippen LogP contribution in [0.5, 0.6) is 17.2 Å². The number of aryl methyl sites for hydroxylation is 3. The van der Waals surface area contributed by atoms with Gasteiger partial charge in [-0.3, -0.25) is 0 Å². The summed E-state index contributed by atoms with van der Waals surface area (Å²) in [4.78, 5) is 0. The van der Waals surface area contributed by atoms with Crippen LogP contribution in [0.25, 0.3) is 0 Å². The summed E-state index contributed by atoms with van der Waals surface area (Å²) in [6, 6.07) is 12.3. The summed E-state index contributed by atoms with van der Waals surface area (Å²) < 4.78 is 0. The van der Waals surface area contributed by atoms with E-state index in [1.54, 1.807) is 0 Å². The Balaban J connectivity index is 0.000000317. The molecule has 0 fully saturated rings. The van der Waals surface area contributed by atoms with E-state index in [1.165, 1.54) is 5.56 Å². The van der Waals surface area contributed by atoms with Crippen LogP contribution in [0.2, 0.25) is 0 Å². The zero-order chi connectivity index (χ0) is 31.9. The van der Waals surface area contributed by atoms with Crippen molar-refractivity contribution in [2.24, 2.45) is 0 Å². The van der Waals surface area contributed by atoms with E-state index in [9.17, 15) is 15.3 Å². The standard InChI is InChI=1S/C23H32O2.C15H24O/c1-14-9-16(20(24)18(11-14)22(3,4)5)13-17-10-15(2)12-19(21(17)25)23(6,7)8;1-10-8-11(14(2,3)4)13(16)12(9-10)15(5,6)7/h9-12,24-25H,13H2,1-8H3;8-9,16H,1-7H3. The monoisotopic (exact) mass is 560 g/mol. The molecule has 3 N–H and O–H groups in total. The number of benzene rings is 3. The lowest BCUT2D eigenvalue weighted by Gasteiger charge is -2.27. The highest BCUT2D eigenvalue weighted by Gasteiger charge is 2.26. The smallest absolute Gasteiger partial charge is 0.123 e. The van der Waals surface area contributed by atoms with Gasteiger partial charge in [0.2, 0.25) is 0 Å². The topological polar surface area (TPSA) is 60.7 Å². The predicted octanol–water partition coefficient (Wildman–Crippen LogP) is 10.2. The van der Waals surface area contributed by atoms with Crippen molar-refractivity contribution in [3.63, 3.8) is 0 Å². The molecule has 3 nitrogen and oxygen atoms in total. The first-order chi connectivity index (χ1) is 18.3. The third-order valence-electron chi connectivity index (χ3n) is 7.53. The SMILES string of the molecule is Cc1cc(C(C)(C)C)c(O)c(C(C)(C)C)c1.Cc1cc(Cc2cc(C)cc(C(C)(C)C)c2O)c(O)c(C(C)(C)C)c1. The van der Waals surface area contributed by atoms with Crippen molar-refractivity contribution < 1.29 is 15.3 Å². The van der Waals surface area contributed by atoms with Crippen LogP contribution in [0.1, 0.15) is 133 Å². The van der Waals surface area contributed by atoms with Crippen molar-refractivity contribution in [1.29, 1.82) is 0 Å². The average Bonchev–Trinajstić information content (AvgIpc) is 2.77. The number of aromatic hydroxyl groups is 3. The van der Waals surface area contributed by atoms with Crippen LogP contribution >= 0.6 is 0 Å². The molecule has 0 atom stereocenters. The number of hydrogen-bond acceptors (Lipinski definition) is 3. The van der Waals surface area contributed by atoms with Gasteiger partial charge in [-0.15, -0.1) is 0 Å². The molecule has 0 aliphatic heterocycles. The third kappa shape index (κ3) is 8.53. The Bertz CT molecular complexity index is 1280. The molecule has 0 heterocycles. The van der Waals surface area contributed by atoms with Crippen LogP contribution in [0.4, 0.5) is 0 Å². The lowest BCUT2D eigenvalue weighted by atomic mass is 9.78. The molecule has 0 unspecified atom stereocenters. The van der Waals surface area contributed by atoms with Gasteiger partial charge in [-0.05, 0) is 75.8 Å². The Morgan fingerprint density at radius 3 is 0.854 bits per heavy atom. The van der Waals surface area contributed by atoms with Crippen molar-refractivity contribution in [3.05, 3.63) is 86.5 Å². The van der Waals surface area contributed by atoms with Crippen molar-refractivity contribution in [3.8, 4) is 17.2 Å². The van der Waals surface area contributed by atoms with Gasteiger partial charge in [-0.25, -0.2) is 0 Å². The molecule has 0 aliphatic rings. The fourth-order valence-electron chi connectivity index (χ4n) is 5.25. The molecule has 0 aromatic heterocycles. The highest BCUT2D eigenvalue weighted by Crippen LogP contribution is 2.41. The Morgan fingerprint density at radius 1 is 0.390 bits per heavy atom. The molecule has 226 valence electrons. The van der Waals surface area contributed by atoms with Crippen molar-refractivity contribution in [2.75, 3.05) is 0 Å². The minimum absolute atomic E-state index is 0.0178. The Labute approximate surface area is 250 Å². The molecule has 0 saturated carbocycles. The van der Waals surface area contributed by atoms with Crippen molar-refractivity contribution >= 4 is 0 Å². The quantitative estimate of drug-likeness (QED) is 0.292. The van der Waals surface area contributed by atoms with Gasteiger partial charge in [0, 0.05) is 6.42 Å². The predicted molar refractivity (Wildman–Crippen MR) is 176 cm³/mol.